The molecule has 1 heterocycles. The predicted octanol–water partition coefficient (Wildman–Crippen LogP) is 0.339. The van der Waals surface area contributed by atoms with E-state index in [0.717, 1.165) is 5.03 Å². The van der Waals surface area contributed by atoms with Crippen molar-refractivity contribution >= 4 is 23.5 Å². The molecule has 0 saturated carbocycles. The van der Waals surface area contributed by atoms with Crippen LogP contribution >= 0.6 is 11.8 Å². The third-order valence-corrected chi connectivity index (χ3v) is 2.04. The van der Waals surface area contributed by atoms with Crippen LogP contribution in [0.1, 0.15) is 10.5 Å². The smallest absolute Gasteiger partial charge is 0.271 e. The molecule has 0 radical (unpaired) electrons. The van der Waals surface area contributed by atoms with Gasteiger partial charge in [0.1, 0.15) is 5.03 Å². The van der Waals surface area contributed by atoms with Gasteiger partial charge in [-0.25, -0.2) is 9.97 Å². The molecule has 1 aromatic rings. The molecule has 0 unspecified atom stereocenters. The summed E-state index contributed by atoms with van der Waals surface area (Å²) in [6, 6.07) is 0. The zero-order valence-electron chi connectivity index (χ0n) is 7.37. The van der Waals surface area contributed by atoms with Gasteiger partial charge in [0.05, 0.1) is 6.20 Å². The highest BCUT2D eigenvalue weighted by Gasteiger charge is 2.10. The van der Waals surface area contributed by atoms with Gasteiger partial charge < -0.3 is 11.1 Å². The molecule has 0 atom stereocenters. The first-order valence-corrected chi connectivity index (χ1v) is 4.80. The summed E-state index contributed by atoms with van der Waals surface area (Å²) < 4.78 is 0. The molecule has 13 heavy (non-hydrogen) atoms. The number of hydrogen-bond donors (Lipinski definition) is 2. The van der Waals surface area contributed by atoms with Crippen molar-refractivity contribution in [2.45, 2.75) is 5.03 Å². The van der Waals surface area contributed by atoms with Crippen LogP contribution in [0.4, 0.5) is 5.82 Å². The number of aromatic nitrogens is 2. The number of nitrogens with two attached hydrogens (primary N) is 1. The van der Waals surface area contributed by atoms with Gasteiger partial charge >= 0.3 is 0 Å². The largest absolute Gasteiger partial charge is 0.371 e. The quantitative estimate of drug-likeness (QED) is 0.684. The zero-order chi connectivity index (χ0) is 9.84. The van der Waals surface area contributed by atoms with E-state index in [2.05, 4.69) is 15.3 Å². The minimum atomic E-state index is -0.579. The Hall–Kier alpha value is -1.30. The van der Waals surface area contributed by atoms with Gasteiger partial charge in [-0.3, -0.25) is 4.79 Å². The maximum absolute atomic E-state index is 10.9. The number of carbonyl (C=O) groups excluding carboxylic acids is 1. The SMILES string of the molecule is CNc1nc(SC)cnc1C(N)=O. The fourth-order valence-corrected chi connectivity index (χ4v) is 1.17. The normalized spacial score (nSPS) is 9.69. The van der Waals surface area contributed by atoms with Gasteiger partial charge in [-0.2, -0.15) is 0 Å². The summed E-state index contributed by atoms with van der Waals surface area (Å²) in [5.41, 5.74) is 5.26. The minimum Gasteiger partial charge on any atom is -0.371 e. The number of hydrogen-bond acceptors (Lipinski definition) is 5. The molecule has 1 rings (SSSR count). The molecule has 0 aliphatic heterocycles. The van der Waals surface area contributed by atoms with Gasteiger partial charge in [-0.1, -0.05) is 0 Å². The molecule has 3 N–H and O–H groups in total. The number of amides is 1. The molecule has 6 heteroatoms. The Morgan fingerprint density at radius 2 is 2.38 bits per heavy atom. The Kier molecular flexibility index (Phi) is 3.07. The average Bonchev–Trinajstić information content (AvgIpc) is 2.16. The second-order valence-corrected chi connectivity index (χ2v) is 3.05. The van der Waals surface area contributed by atoms with Gasteiger partial charge in [-0.15, -0.1) is 11.8 Å². The van der Waals surface area contributed by atoms with Crippen LogP contribution in [0.15, 0.2) is 11.2 Å². The molecule has 0 aromatic carbocycles. The maximum atomic E-state index is 10.9. The standard InChI is InChI=1S/C7H10N4OS/c1-9-7-5(6(8)12)10-3-4(11-7)13-2/h3H,1-2H3,(H2,8,12)(H,9,11). The van der Waals surface area contributed by atoms with Crippen LogP contribution < -0.4 is 11.1 Å². The molecule has 0 fully saturated rings. The fourth-order valence-electron chi connectivity index (χ4n) is 0.826. The van der Waals surface area contributed by atoms with E-state index < -0.39 is 5.91 Å². The molecule has 0 aliphatic carbocycles. The Balaban J connectivity index is 3.15. The lowest BCUT2D eigenvalue weighted by Gasteiger charge is -2.04. The van der Waals surface area contributed by atoms with E-state index in [1.54, 1.807) is 7.05 Å². The molecular weight excluding hydrogens is 188 g/mol. The molecule has 1 amide bonds. The Morgan fingerprint density at radius 1 is 1.69 bits per heavy atom. The van der Waals surface area contributed by atoms with Crippen LogP contribution in [-0.4, -0.2) is 29.2 Å². The van der Waals surface area contributed by atoms with Crippen molar-refractivity contribution < 1.29 is 4.79 Å². The predicted molar refractivity (Wildman–Crippen MR) is 51.9 cm³/mol. The summed E-state index contributed by atoms with van der Waals surface area (Å²) >= 11 is 1.45. The van der Waals surface area contributed by atoms with Crippen molar-refractivity contribution in [2.24, 2.45) is 5.73 Å². The van der Waals surface area contributed by atoms with E-state index in [1.807, 2.05) is 6.26 Å². The topological polar surface area (TPSA) is 80.9 Å². The van der Waals surface area contributed by atoms with Gasteiger partial charge in [0.15, 0.2) is 11.5 Å². The molecule has 0 saturated heterocycles. The summed E-state index contributed by atoms with van der Waals surface area (Å²) in [5.74, 6) is -0.163. The van der Waals surface area contributed by atoms with Crippen LogP contribution in [0.5, 0.6) is 0 Å². The highest BCUT2D eigenvalue weighted by molar-refractivity contribution is 7.98. The van der Waals surface area contributed by atoms with E-state index in [9.17, 15) is 4.79 Å². The van der Waals surface area contributed by atoms with E-state index in [1.165, 1.54) is 18.0 Å². The molecule has 5 nitrogen and oxygen atoms in total. The molecule has 70 valence electrons. The highest BCUT2D eigenvalue weighted by Crippen LogP contribution is 2.15. The van der Waals surface area contributed by atoms with Crippen LogP contribution in [0.25, 0.3) is 0 Å². The van der Waals surface area contributed by atoms with Crippen LogP contribution in [0.2, 0.25) is 0 Å². The van der Waals surface area contributed by atoms with E-state index >= 15 is 0 Å². The van der Waals surface area contributed by atoms with Crippen LogP contribution in [0, 0.1) is 0 Å². The van der Waals surface area contributed by atoms with E-state index in [-0.39, 0.29) is 5.69 Å². The zero-order valence-corrected chi connectivity index (χ0v) is 8.18. The second-order valence-electron chi connectivity index (χ2n) is 2.22. The summed E-state index contributed by atoms with van der Waals surface area (Å²) in [5, 5.41) is 3.51. The average molecular weight is 198 g/mol. The lowest BCUT2D eigenvalue weighted by Crippen LogP contribution is -2.16. The third-order valence-electron chi connectivity index (χ3n) is 1.43. The van der Waals surface area contributed by atoms with E-state index in [0.29, 0.717) is 5.82 Å². The number of anilines is 1. The van der Waals surface area contributed by atoms with Crippen molar-refractivity contribution in [3.05, 3.63) is 11.9 Å². The fraction of sp³-hybridized carbons (Fsp3) is 0.286. The summed E-state index contributed by atoms with van der Waals surface area (Å²) in [4.78, 5) is 18.9. The van der Waals surface area contributed by atoms with Gasteiger partial charge in [0, 0.05) is 7.05 Å². The number of carbonyl (C=O) groups is 1. The van der Waals surface area contributed by atoms with E-state index in [4.69, 9.17) is 5.73 Å². The number of rotatable bonds is 3. The van der Waals surface area contributed by atoms with Crippen molar-refractivity contribution in [3.63, 3.8) is 0 Å². The number of nitrogens with one attached hydrogen (secondary N) is 1. The second kappa shape index (κ2) is 4.08. The molecular formula is C7H10N4OS. The van der Waals surface area contributed by atoms with Crippen molar-refractivity contribution in [3.8, 4) is 0 Å². The first-order chi connectivity index (χ1) is 6.19. The molecule has 1 aromatic heterocycles. The number of thioether (sulfide) groups is 1. The lowest BCUT2D eigenvalue weighted by atomic mass is 10.4. The Morgan fingerprint density at radius 3 is 2.85 bits per heavy atom. The first kappa shape index (κ1) is 9.79. The molecule has 0 spiro atoms. The van der Waals surface area contributed by atoms with Crippen LogP contribution in [-0.2, 0) is 0 Å². The number of primary amides is 1. The Bertz CT molecular complexity index is 328. The Labute approximate surface area is 80.1 Å². The number of nitrogens with zero attached hydrogens (tertiary/aromatic N) is 2. The minimum absolute atomic E-state index is 0.167. The third kappa shape index (κ3) is 2.09. The van der Waals surface area contributed by atoms with Crippen molar-refractivity contribution in [1.82, 2.24) is 9.97 Å². The first-order valence-electron chi connectivity index (χ1n) is 3.57. The van der Waals surface area contributed by atoms with Crippen molar-refractivity contribution in [2.75, 3.05) is 18.6 Å². The maximum Gasteiger partial charge on any atom is 0.271 e. The summed E-state index contributed by atoms with van der Waals surface area (Å²) in [6.45, 7) is 0. The van der Waals surface area contributed by atoms with Gasteiger partial charge in [-0.05, 0) is 6.26 Å². The molecule has 0 bridgehead atoms. The summed E-state index contributed by atoms with van der Waals surface area (Å²) in [7, 11) is 1.67. The van der Waals surface area contributed by atoms with Crippen LogP contribution in [0.3, 0.4) is 0 Å². The molecule has 0 aliphatic rings. The monoisotopic (exact) mass is 198 g/mol. The summed E-state index contributed by atoms with van der Waals surface area (Å²) in [6.07, 6.45) is 3.40. The van der Waals surface area contributed by atoms with Gasteiger partial charge in [0.2, 0.25) is 0 Å². The highest BCUT2D eigenvalue weighted by atomic mass is 32.2. The van der Waals surface area contributed by atoms with Crippen molar-refractivity contribution in [1.29, 1.82) is 0 Å². The van der Waals surface area contributed by atoms with Gasteiger partial charge in [0.25, 0.3) is 5.91 Å². The lowest BCUT2D eigenvalue weighted by molar-refractivity contribution is 0.0996.